The molecule has 2 N–H and O–H groups in total. The Morgan fingerprint density at radius 2 is 1.70 bits per heavy atom. The maximum atomic E-state index is 12.9. The Morgan fingerprint density at radius 3 is 2.33 bits per heavy atom. The van der Waals surface area contributed by atoms with E-state index in [1.165, 1.54) is 11.8 Å². The Kier molecular flexibility index (Phi) is 4.61. The molecule has 1 fully saturated rings. The SMILES string of the molecule is O=C(O)C1(NS(=O)(=O)C2CC=C(c3ccccc3)S2)CC1c1ccccc1. The molecule has 1 heterocycles. The van der Waals surface area contributed by atoms with Crippen molar-refractivity contribution in [2.75, 3.05) is 0 Å². The van der Waals surface area contributed by atoms with Crippen LogP contribution in [0.3, 0.4) is 0 Å². The van der Waals surface area contributed by atoms with Gasteiger partial charge in [0.2, 0.25) is 10.0 Å². The number of carboxylic acids is 1. The second-order valence-electron chi connectivity index (χ2n) is 6.81. The first-order chi connectivity index (χ1) is 12.9. The molecule has 1 aliphatic heterocycles. The van der Waals surface area contributed by atoms with Crippen LogP contribution in [0.1, 0.15) is 29.9 Å². The lowest BCUT2D eigenvalue weighted by Crippen LogP contribution is -2.47. The van der Waals surface area contributed by atoms with E-state index in [0.717, 1.165) is 16.0 Å². The highest BCUT2D eigenvalue weighted by Gasteiger charge is 2.63. The molecule has 1 saturated carbocycles. The summed E-state index contributed by atoms with van der Waals surface area (Å²) in [5, 5.41) is 9.72. The summed E-state index contributed by atoms with van der Waals surface area (Å²) in [6.07, 6.45) is 2.52. The van der Waals surface area contributed by atoms with Gasteiger partial charge in [0.05, 0.1) is 0 Å². The van der Waals surface area contributed by atoms with Gasteiger partial charge in [-0.2, -0.15) is 4.72 Å². The van der Waals surface area contributed by atoms with Crippen molar-refractivity contribution in [1.82, 2.24) is 4.72 Å². The number of carboxylic acid groups (broad SMARTS) is 1. The van der Waals surface area contributed by atoms with Crippen molar-refractivity contribution < 1.29 is 18.3 Å². The van der Waals surface area contributed by atoms with Crippen LogP contribution in [-0.2, 0) is 14.8 Å². The van der Waals surface area contributed by atoms with Crippen LogP contribution in [0.15, 0.2) is 66.7 Å². The number of hydrogen-bond donors (Lipinski definition) is 2. The van der Waals surface area contributed by atoms with E-state index in [-0.39, 0.29) is 12.3 Å². The van der Waals surface area contributed by atoms with Gasteiger partial charge in [-0.25, -0.2) is 8.42 Å². The quantitative estimate of drug-likeness (QED) is 0.775. The number of hydrogen-bond acceptors (Lipinski definition) is 4. The lowest BCUT2D eigenvalue weighted by molar-refractivity contribution is -0.140. The number of benzene rings is 2. The minimum atomic E-state index is -3.80. The number of carbonyl (C=O) groups is 1. The molecule has 140 valence electrons. The minimum absolute atomic E-state index is 0.266. The van der Waals surface area contributed by atoms with E-state index in [2.05, 4.69) is 4.72 Å². The summed E-state index contributed by atoms with van der Waals surface area (Å²) in [6.45, 7) is 0. The smallest absolute Gasteiger partial charge is 0.325 e. The Hall–Kier alpha value is -2.09. The fourth-order valence-corrected chi connectivity index (χ4v) is 6.69. The van der Waals surface area contributed by atoms with E-state index in [4.69, 9.17) is 0 Å². The summed E-state index contributed by atoms with van der Waals surface area (Å²) in [5.41, 5.74) is 0.363. The Bertz CT molecular complexity index is 989. The maximum absolute atomic E-state index is 12.9. The third-order valence-corrected chi connectivity index (χ3v) is 8.72. The first-order valence-electron chi connectivity index (χ1n) is 8.66. The molecule has 1 aliphatic carbocycles. The zero-order valence-corrected chi connectivity index (χ0v) is 16.0. The Morgan fingerprint density at radius 1 is 1.07 bits per heavy atom. The van der Waals surface area contributed by atoms with Crippen molar-refractivity contribution in [2.24, 2.45) is 0 Å². The van der Waals surface area contributed by atoms with E-state index in [9.17, 15) is 18.3 Å². The van der Waals surface area contributed by atoms with Crippen molar-refractivity contribution in [2.45, 2.75) is 28.9 Å². The number of nitrogens with one attached hydrogen (secondary N) is 1. The van der Waals surface area contributed by atoms with Gasteiger partial charge in [-0.05, 0) is 24.0 Å². The number of allylic oxidation sites excluding steroid dienone is 1. The van der Waals surface area contributed by atoms with Crippen molar-refractivity contribution in [3.63, 3.8) is 0 Å². The molecule has 7 heteroatoms. The monoisotopic (exact) mass is 401 g/mol. The van der Waals surface area contributed by atoms with E-state index in [1.54, 1.807) is 0 Å². The first kappa shape index (κ1) is 18.3. The molecule has 27 heavy (non-hydrogen) atoms. The zero-order chi connectivity index (χ0) is 19.1. The molecule has 0 aromatic heterocycles. The molecular formula is C20H19NO4S2. The van der Waals surface area contributed by atoms with E-state index < -0.39 is 26.1 Å². The van der Waals surface area contributed by atoms with Crippen LogP contribution in [0.5, 0.6) is 0 Å². The first-order valence-corrected chi connectivity index (χ1v) is 11.1. The van der Waals surface area contributed by atoms with E-state index in [1.807, 2.05) is 66.7 Å². The average molecular weight is 402 g/mol. The number of sulfonamides is 1. The fraction of sp³-hybridized carbons (Fsp3) is 0.250. The van der Waals surface area contributed by atoms with Crippen LogP contribution in [0.2, 0.25) is 0 Å². The maximum Gasteiger partial charge on any atom is 0.325 e. The molecule has 0 bridgehead atoms. The number of thioether (sulfide) groups is 1. The summed E-state index contributed by atoms with van der Waals surface area (Å²) in [4.78, 5) is 12.8. The fourth-order valence-electron chi connectivity index (χ4n) is 3.48. The molecule has 2 aliphatic rings. The van der Waals surface area contributed by atoms with E-state index >= 15 is 0 Å². The molecule has 3 atom stereocenters. The third-order valence-electron chi connectivity index (χ3n) is 5.03. The topological polar surface area (TPSA) is 83.5 Å². The van der Waals surface area contributed by atoms with Gasteiger partial charge in [0, 0.05) is 10.8 Å². The minimum Gasteiger partial charge on any atom is -0.480 e. The van der Waals surface area contributed by atoms with Gasteiger partial charge < -0.3 is 5.11 Å². The van der Waals surface area contributed by atoms with Gasteiger partial charge in [-0.3, -0.25) is 4.79 Å². The van der Waals surface area contributed by atoms with Crippen LogP contribution < -0.4 is 4.72 Å². The van der Waals surface area contributed by atoms with Crippen LogP contribution >= 0.6 is 11.8 Å². The van der Waals surface area contributed by atoms with Crippen LogP contribution in [0.25, 0.3) is 4.91 Å². The Balaban J connectivity index is 1.51. The van der Waals surface area contributed by atoms with Gasteiger partial charge >= 0.3 is 5.97 Å². The molecular weight excluding hydrogens is 382 g/mol. The van der Waals surface area contributed by atoms with Gasteiger partial charge in [0.1, 0.15) is 10.1 Å². The largest absolute Gasteiger partial charge is 0.480 e. The predicted molar refractivity (Wildman–Crippen MR) is 107 cm³/mol. The molecule has 0 saturated heterocycles. The number of rotatable bonds is 6. The van der Waals surface area contributed by atoms with Crippen molar-refractivity contribution in [3.05, 3.63) is 77.9 Å². The lowest BCUT2D eigenvalue weighted by atomic mass is 10.1. The highest BCUT2D eigenvalue weighted by molar-refractivity contribution is 8.18. The van der Waals surface area contributed by atoms with Gasteiger partial charge in [0.15, 0.2) is 0 Å². The molecule has 0 spiro atoms. The van der Waals surface area contributed by atoms with Crippen molar-refractivity contribution >= 4 is 32.7 Å². The third kappa shape index (κ3) is 3.42. The Labute approximate surface area is 162 Å². The standard InChI is InChI=1S/C20H19NO4S2/c22-19(23)20(13-16(20)14-7-3-1-4-8-14)21-27(24,25)18-12-11-17(26-18)15-9-5-2-6-10-15/h1-11,16,18,21H,12-13H2,(H,22,23). The number of aliphatic carboxylic acids is 1. The zero-order valence-electron chi connectivity index (χ0n) is 14.4. The van der Waals surface area contributed by atoms with Crippen molar-refractivity contribution in [3.8, 4) is 0 Å². The molecule has 0 radical (unpaired) electrons. The van der Waals surface area contributed by atoms with E-state index in [0.29, 0.717) is 6.42 Å². The molecule has 0 amide bonds. The predicted octanol–water partition coefficient (Wildman–Crippen LogP) is 3.42. The van der Waals surface area contributed by atoms with Crippen LogP contribution in [-0.4, -0.2) is 29.6 Å². The normalized spacial score (nSPS) is 27.2. The lowest BCUT2D eigenvalue weighted by Gasteiger charge is -2.19. The molecule has 4 rings (SSSR count). The second kappa shape index (κ2) is 6.82. The second-order valence-corrected chi connectivity index (χ2v) is 10.2. The van der Waals surface area contributed by atoms with Gasteiger partial charge in [0.25, 0.3) is 0 Å². The molecule has 3 unspecified atom stereocenters. The van der Waals surface area contributed by atoms with Gasteiger partial charge in [-0.15, -0.1) is 11.8 Å². The summed E-state index contributed by atoms with van der Waals surface area (Å²) in [5.74, 6) is -1.47. The van der Waals surface area contributed by atoms with Gasteiger partial charge in [-0.1, -0.05) is 66.7 Å². The summed E-state index contributed by atoms with van der Waals surface area (Å²) >= 11 is 1.27. The van der Waals surface area contributed by atoms with Crippen molar-refractivity contribution in [1.29, 1.82) is 0 Å². The molecule has 2 aromatic rings. The highest BCUT2D eigenvalue weighted by Crippen LogP contribution is 2.53. The summed E-state index contributed by atoms with van der Waals surface area (Å²) in [6, 6.07) is 18.8. The average Bonchev–Trinajstić information content (AvgIpc) is 3.16. The van der Waals surface area contributed by atoms with Crippen LogP contribution in [0, 0.1) is 0 Å². The highest BCUT2D eigenvalue weighted by atomic mass is 32.3. The van der Waals surface area contributed by atoms with Crippen LogP contribution in [0.4, 0.5) is 0 Å². The molecule has 5 nitrogen and oxygen atoms in total. The molecule has 2 aromatic carbocycles. The summed E-state index contributed by atoms with van der Waals surface area (Å²) < 4.78 is 27.6. The summed E-state index contributed by atoms with van der Waals surface area (Å²) in [7, 11) is -3.80.